The molecule has 0 aromatic carbocycles. The number of halogens is 1. The van der Waals surface area contributed by atoms with Gasteiger partial charge < -0.3 is 9.05 Å². The van der Waals surface area contributed by atoms with Gasteiger partial charge in [-0.15, -0.1) is 0 Å². The molecule has 0 aliphatic carbocycles. The van der Waals surface area contributed by atoms with Gasteiger partial charge in [0.05, 0.1) is 0 Å². The van der Waals surface area contributed by atoms with E-state index in [1.54, 1.807) is 22.6 Å². The van der Waals surface area contributed by atoms with Crippen molar-refractivity contribution in [3.63, 3.8) is 0 Å². The summed E-state index contributed by atoms with van der Waals surface area (Å²) in [5, 5.41) is 0. The highest BCUT2D eigenvalue weighted by Gasteiger charge is 2.13. The lowest BCUT2D eigenvalue weighted by atomic mass is 11.8. The number of carbonyl (C=O) groups excluding carboxylic acids is 1. The molecular formula is C3H6IO3P. The van der Waals surface area contributed by atoms with Crippen molar-refractivity contribution in [2.45, 2.75) is 0 Å². The summed E-state index contributed by atoms with van der Waals surface area (Å²) in [6.45, 7) is 0. The van der Waals surface area contributed by atoms with Crippen molar-refractivity contribution < 1.29 is 13.8 Å². The summed E-state index contributed by atoms with van der Waals surface area (Å²) >= 11 is 1.64. The van der Waals surface area contributed by atoms with E-state index in [2.05, 4.69) is 9.05 Å². The predicted molar refractivity (Wildman–Crippen MR) is 40.4 cm³/mol. The average molecular weight is 248 g/mol. The van der Waals surface area contributed by atoms with Crippen LogP contribution in [0.1, 0.15) is 0 Å². The molecule has 0 unspecified atom stereocenters. The lowest BCUT2D eigenvalue weighted by Gasteiger charge is -2.03. The smallest absolute Gasteiger partial charge is 0.269 e. The zero-order valence-corrected chi connectivity index (χ0v) is 7.60. The Hall–Kier alpha value is 0.750. The molecule has 0 aromatic rings. The van der Waals surface area contributed by atoms with Crippen molar-refractivity contribution >= 4 is 34.5 Å². The Balaban J connectivity index is 3.52. The molecular weight excluding hydrogens is 242 g/mol. The first-order valence-electron chi connectivity index (χ1n) is 1.80. The van der Waals surface area contributed by atoms with Crippen molar-refractivity contribution in [1.82, 2.24) is 0 Å². The zero-order chi connectivity index (χ0) is 6.57. The monoisotopic (exact) mass is 248 g/mol. The lowest BCUT2D eigenvalue weighted by molar-refractivity contribution is 0.268. The Kier molecular flexibility index (Phi) is 5.04. The third-order valence-corrected chi connectivity index (χ3v) is 2.61. The van der Waals surface area contributed by atoms with E-state index in [0.717, 1.165) is 0 Å². The summed E-state index contributed by atoms with van der Waals surface area (Å²) in [6.07, 6.45) is 0. The minimum atomic E-state index is -1.27. The standard InChI is InChI=1S/C3H6IO3P/c1-6-8(7-2)3(4)5/h1-2H3. The topological polar surface area (TPSA) is 35.5 Å². The van der Waals surface area contributed by atoms with Gasteiger partial charge >= 0.3 is 0 Å². The van der Waals surface area contributed by atoms with Gasteiger partial charge in [0.2, 0.25) is 0 Å². The van der Waals surface area contributed by atoms with E-state index in [-0.39, 0.29) is 3.53 Å². The van der Waals surface area contributed by atoms with E-state index < -0.39 is 8.38 Å². The molecule has 0 bridgehead atoms. The Bertz CT molecular complexity index is 82.6. The predicted octanol–water partition coefficient (Wildman–Crippen LogP) is 2.15. The van der Waals surface area contributed by atoms with Gasteiger partial charge in [-0.1, -0.05) is 0 Å². The van der Waals surface area contributed by atoms with Crippen molar-refractivity contribution in [1.29, 1.82) is 0 Å². The second-order valence-electron chi connectivity index (χ2n) is 0.875. The fourth-order valence-corrected chi connectivity index (χ4v) is 1.84. The fraction of sp³-hybridized carbons (Fsp3) is 0.667. The molecule has 0 amide bonds. The first-order valence-corrected chi connectivity index (χ1v) is 4.05. The van der Waals surface area contributed by atoms with Gasteiger partial charge in [0, 0.05) is 36.8 Å². The normalized spacial score (nSPS) is 10.0. The molecule has 0 N–H and O–H groups in total. The highest BCUT2D eigenvalue weighted by Crippen LogP contribution is 2.40. The van der Waals surface area contributed by atoms with Crippen molar-refractivity contribution in [2.24, 2.45) is 0 Å². The summed E-state index contributed by atoms with van der Waals surface area (Å²) in [5.41, 5.74) is 0. The molecule has 0 aromatic heterocycles. The molecule has 0 saturated carbocycles. The minimum Gasteiger partial charge on any atom is -0.331 e. The van der Waals surface area contributed by atoms with Crippen LogP contribution in [0.15, 0.2) is 0 Å². The van der Waals surface area contributed by atoms with Gasteiger partial charge in [0.25, 0.3) is 11.9 Å². The van der Waals surface area contributed by atoms with Crippen LogP contribution in [0.25, 0.3) is 0 Å². The van der Waals surface area contributed by atoms with Crippen LogP contribution in [0.4, 0.5) is 4.79 Å². The van der Waals surface area contributed by atoms with E-state index in [4.69, 9.17) is 0 Å². The van der Waals surface area contributed by atoms with Crippen LogP contribution in [0.3, 0.4) is 0 Å². The molecule has 0 heterocycles. The maximum Gasteiger partial charge on any atom is 0.269 e. The first-order chi connectivity index (χ1) is 3.72. The SMILES string of the molecule is COP(OC)C(=O)I. The largest absolute Gasteiger partial charge is 0.331 e. The van der Waals surface area contributed by atoms with Crippen molar-refractivity contribution in [3.05, 3.63) is 0 Å². The summed E-state index contributed by atoms with van der Waals surface area (Å²) in [5.74, 6) is 0. The molecule has 48 valence electrons. The Morgan fingerprint density at radius 3 is 1.88 bits per heavy atom. The third kappa shape index (κ3) is 2.91. The number of carbonyl (C=O) groups is 1. The van der Waals surface area contributed by atoms with Crippen LogP contribution in [0.5, 0.6) is 0 Å². The minimum absolute atomic E-state index is 0.0809. The highest BCUT2D eigenvalue weighted by atomic mass is 127. The second-order valence-corrected chi connectivity index (χ2v) is 4.36. The number of hydrogen-bond donors (Lipinski definition) is 0. The maximum absolute atomic E-state index is 10.4. The van der Waals surface area contributed by atoms with Crippen LogP contribution in [0, 0.1) is 0 Å². The molecule has 0 rings (SSSR count). The molecule has 0 atom stereocenters. The van der Waals surface area contributed by atoms with Gasteiger partial charge in [-0.3, -0.25) is 4.79 Å². The quantitative estimate of drug-likeness (QED) is 0.436. The molecule has 0 saturated heterocycles. The van der Waals surface area contributed by atoms with Crippen LogP contribution >= 0.6 is 31.0 Å². The van der Waals surface area contributed by atoms with Crippen molar-refractivity contribution in [2.75, 3.05) is 14.2 Å². The lowest BCUT2D eigenvalue weighted by Crippen LogP contribution is -1.85. The summed E-state index contributed by atoms with van der Waals surface area (Å²) in [7, 11) is 1.63. The van der Waals surface area contributed by atoms with Crippen LogP contribution in [-0.4, -0.2) is 17.8 Å². The van der Waals surface area contributed by atoms with E-state index in [1.165, 1.54) is 14.2 Å². The maximum atomic E-state index is 10.4. The zero-order valence-electron chi connectivity index (χ0n) is 4.55. The van der Waals surface area contributed by atoms with Crippen LogP contribution in [-0.2, 0) is 9.05 Å². The molecule has 0 radical (unpaired) electrons. The van der Waals surface area contributed by atoms with E-state index in [0.29, 0.717) is 0 Å². The molecule has 8 heavy (non-hydrogen) atoms. The van der Waals surface area contributed by atoms with Gasteiger partial charge in [-0.05, 0) is 0 Å². The summed E-state index contributed by atoms with van der Waals surface area (Å²) < 4.78 is 9.21. The third-order valence-electron chi connectivity index (χ3n) is 0.475. The Labute approximate surface area is 62.8 Å². The van der Waals surface area contributed by atoms with Gasteiger partial charge in [-0.25, -0.2) is 0 Å². The number of rotatable bonds is 3. The molecule has 5 heteroatoms. The van der Waals surface area contributed by atoms with E-state index in [9.17, 15) is 4.79 Å². The average Bonchev–Trinajstić information content (AvgIpc) is 1.69. The molecule has 0 aliphatic rings. The Morgan fingerprint density at radius 1 is 1.50 bits per heavy atom. The molecule has 0 aliphatic heterocycles. The van der Waals surface area contributed by atoms with Crippen LogP contribution in [0.2, 0.25) is 0 Å². The number of hydrogen-bond acceptors (Lipinski definition) is 3. The first kappa shape index (κ1) is 8.75. The summed E-state index contributed by atoms with van der Waals surface area (Å²) in [4.78, 5) is 10.4. The van der Waals surface area contributed by atoms with Gasteiger partial charge in [0.1, 0.15) is 0 Å². The molecule has 0 spiro atoms. The summed E-state index contributed by atoms with van der Waals surface area (Å²) in [6, 6.07) is 0. The van der Waals surface area contributed by atoms with E-state index >= 15 is 0 Å². The van der Waals surface area contributed by atoms with Gasteiger partial charge in [-0.2, -0.15) is 0 Å². The van der Waals surface area contributed by atoms with Gasteiger partial charge in [0.15, 0.2) is 0 Å². The van der Waals surface area contributed by atoms with Crippen LogP contribution < -0.4 is 0 Å². The van der Waals surface area contributed by atoms with Crippen molar-refractivity contribution in [3.8, 4) is 0 Å². The molecule has 3 nitrogen and oxygen atoms in total. The van der Waals surface area contributed by atoms with E-state index in [1.807, 2.05) is 0 Å². The highest BCUT2D eigenvalue weighted by molar-refractivity contribution is 14.1. The fourth-order valence-electron chi connectivity index (χ4n) is 0.218. The second kappa shape index (κ2) is 4.61. The molecule has 0 fully saturated rings. The Morgan fingerprint density at radius 2 is 1.88 bits per heavy atom.